The molecule has 108 valence electrons. The number of nitrogens with one attached hydrogen (secondary N) is 2. The summed E-state index contributed by atoms with van der Waals surface area (Å²) in [7, 11) is 0. The number of pyridine rings is 1. The van der Waals surface area contributed by atoms with Gasteiger partial charge in [0.25, 0.3) is 0 Å². The van der Waals surface area contributed by atoms with Gasteiger partial charge in [-0.25, -0.2) is 4.79 Å². The molecule has 2 N–H and O–H groups in total. The average Bonchev–Trinajstić information content (AvgIpc) is 2.54. The van der Waals surface area contributed by atoms with Gasteiger partial charge >= 0.3 is 6.03 Å². The molecular formula is C16H17N3OS. The molecule has 2 heterocycles. The number of urea groups is 1. The maximum Gasteiger partial charge on any atom is 0.315 e. The van der Waals surface area contributed by atoms with Gasteiger partial charge in [-0.3, -0.25) is 4.98 Å². The molecule has 1 aliphatic rings. The molecule has 1 aliphatic heterocycles. The van der Waals surface area contributed by atoms with E-state index in [9.17, 15) is 4.79 Å². The normalized spacial score (nSPS) is 16.9. The smallest absolute Gasteiger partial charge is 0.315 e. The standard InChI is InChI=1S/C16H17N3OS/c20-16(18-11-12-5-8-17-9-6-12)19-14-7-10-21-15-4-2-1-3-13(14)15/h1-6,8-9,14H,7,10-11H2,(H2,18,19,20)/t14-/m1/s1. The lowest BCUT2D eigenvalue weighted by atomic mass is 10.0. The van der Waals surface area contributed by atoms with Gasteiger partial charge in [-0.1, -0.05) is 18.2 Å². The first-order valence-corrected chi connectivity index (χ1v) is 7.96. The lowest BCUT2D eigenvalue weighted by molar-refractivity contribution is 0.236. The first kappa shape index (κ1) is 13.9. The van der Waals surface area contributed by atoms with Crippen molar-refractivity contribution in [2.24, 2.45) is 0 Å². The van der Waals surface area contributed by atoms with E-state index in [0.29, 0.717) is 6.54 Å². The number of nitrogens with zero attached hydrogens (tertiary/aromatic N) is 1. The van der Waals surface area contributed by atoms with Crippen LogP contribution in [0, 0.1) is 0 Å². The minimum Gasteiger partial charge on any atom is -0.334 e. The Hall–Kier alpha value is -2.01. The van der Waals surface area contributed by atoms with Crippen LogP contribution in [-0.4, -0.2) is 16.8 Å². The van der Waals surface area contributed by atoms with Crippen molar-refractivity contribution >= 4 is 17.8 Å². The first-order valence-electron chi connectivity index (χ1n) is 6.98. The Morgan fingerprint density at radius 2 is 2.05 bits per heavy atom. The van der Waals surface area contributed by atoms with Crippen LogP contribution in [0.1, 0.15) is 23.6 Å². The lowest BCUT2D eigenvalue weighted by Crippen LogP contribution is -2.38. The Balaban J connectivity index is 1.58. The predicted octanol–water partition coefficient (Wildman–Crippen LogP) is 3.12. The summed E-state index contributed by atoms with van der Waals surface area (Å²) in [6.45, 7) is 0.511. The molecule has 5 heteroatoms. The van der Waals surface area contributed by atoms with Crippen LogP contribution in [0.5, 0.6) is 0 Å². The maximum atomic E-state index is 12.0. The number of carbonyl (C=O) groups is 1. The molecule has 1 aromatic heterocycles. The molecule has 2 amide bonds. The largest absolute Gasteiger partial charge is 0.334 e. The highest BCUT2D eigenvalue weighted by Gasteiger charge is 2.21. The third-order valence-corrected chi connectivity index (χ3v) is 4.59. The van der Waals surface area contributed by atoms with E-state index in [4.69, 9.17) is 0 Å². The lowest BCUT2D eigenvalue weighted by Gasteiger charge is -2.25. The molecular weight excluding hydrogens is 282 g/mol. The van der Waals surface area contributed by atoms with Gasteiger partial charge < -0.3 is 10.6 Å². The van der Waals surface area contributed by atoms with Crippen molar-refractivity contribution < 1.29 is 4.79 Å². The number of aromatic nitrogens is 1. The number of amides is 2. The number of rotatable bonds is 3. The monoisotopic (exact) mass is 299 g/mol. The zero-order valence-electron chi connectivity index (χ0n) is 11.6. The van der Waals surface area contributed by atoms with Crippen molar-refractivity contribution in [3.05, 3.63) is 59.9 Å². The summed E-state index contributed by atoms with van der Waals surface area (Å²) in [4.78, 5) is 17.3. The Labute approximate surface area is 128 Å². The van der Waals surface area contributed by atoms with Crippen LogP contribution in [-0.2, 0) is 6.54 Å². The maximum absolute atomic E-state index is 12.0. The second kappa shape index (κ2) is 6.63. The Kier molecular flexibility index (Phi) is 4.40. The van der Waals surface area contributed by atoms with E-state index in [1.165, 1.54) is 10.5 Å². The van der Waals surface area contributed by atoms with Gasteiger partial charge in [0, 0.05) is 29.6 Å². The minimum atomic E-state index is -0.126. The van der Waals surface area contributed by atoms with Crippen LogP contribution < -0.4 is 10.6 Å². The molecule has 0 unspecified atom stereocenters. The number of thioether (sulfide) groups is 1. The van der Waals surface area contributed by atoms with Crippen molar-refractivity contribution in [3.8, 4) is 0 Å². The van der Waals surface area contributed by atoms with Crippen molar-refractivity contribution in [2.45, 2.75) is 23.9 Å². The van der Waals surface area contributed by atoms with E-state index < -0.39 is 0 Å². The Bertz CT molecular complexity index is 618. The highest BCUT2D eigenvalue weighted by molar-refractivity contribution is 7.99. The summed E-state index contributed by atoms with van der Waals surface area (Å²) in [5, 5.41) is 5.96. The summed E-state index contributed by atoms with van der Waals surface area (Å²) in [6.07, 6.45) is 4.41. The summed E-state index contributed by atoms with van der Waals surface area (Å²) in [5.41, 5.74) is 2.26. The number of fused-ring (bicyclic) bond motifs is 1. The van der Waals surface area contributed by atoms with Crippen molar-refractivity contribution in [1.29, 1.82) is 0 Å². The second-order valence-corrected chi connectivity index (χ2v) is 6.05. The molecule has 0 spiro atoms. The van der Waals surface area contributed by atoms with Crippen molar-refractivity contribution in [1.82, 2.24) is 15.6 Å². The van der Waals surface area contributed by atoms with Crippen LogP contribution >= 0.6 is 11.8 Å². The highest BCUT2D eigenvalue weighted by Crippen LogP contribution is 2.35. The molecule has 1 aromatic carbocycles. The van der Waals surface area contributed by atoms with Crippen LogP contribution in [0.2, 0.25) is 0 Å². The molecule has 0 saturated carbocycles. The number of carbonyl (C=O) groups excluding carboxylic acids is 1. The van der Waals surface area contributed by atoms with Gasteiger partial charge in [0.15, 0.2) is 0 Å². The molecule has 2 aromatic rings. The molecule has 21 heavy (non-hydrogen) atoms. The van der Waals surface area contributed by atoms with Gasteiger partial charge in [-0.15, -0.1) is 11.8 Å². The van der Waals surface area contributed by atoms with Gasteiger partial charge in [0.2, 0.25) is 0 Å². The predicted molar refractivity (Wildman–Crippen MR) is 84.1 cm³/mol. The molecule has 3 rings (SSSR count). The number of benzene rings is 1. The highest BCUT2D eigenvalue weighted by atomic mass is 32.2. The summed E-state index contributed by atoms with van der Waals surface area (Å²) >= 11 is 1.85. The van der Waals surface area contributed by atoms with E-state index in [1.54, 1.807) is 12.4 Å². The van der Waals surface area contributed by atoms with Crippen LogP contribution in [0.25, 0.3) is 0 Å². The molecule has 0 bridgehead atoms. The van der Waals surface area contributed by atoms with Crippen LogP contribution in [0.3, 0.4) is 0 Å². The first-order chi connectivity index (χ1) is 10.3. The molecule has 1 atom stereocenters. The fourth-order valence-corrected chi connectivity index (χ4v) is 3.51. The van der Waals surface area contributed by atoms with Gasteiger partial charge in [0.1, 0.15) is 0 Å². The van der Waals surface area contributed by atoms with E-state index in [1.807, 2.05) is 36.0 Å². The number of hydrogen-bond acceptors (Lipinski definition) is 3. The molecule has 0 saturated heterocycles. The summed E-state index contributed by atoms with van der Waals surface area (Å²) < 4.78 is 0. The van der Waals surface area contributed by atoms with Gasteiger partial charge in [-0.05, 0) is 35.7 Å². The summed E-state index contributed by atoms with van der Waals surface area (Å²) in [5.74, 6) is 1.03. The minimum absolute atomic E-state index is 0.0971. The van der Waals surface area contributed by atoms with E-state index in [-0.39, 0.29) is 12.1 Å². The van der Waals surface area contributed by atoms with E-state index in [0.717, 1.165) is 17.7 Å². The molecule has 0 fully saturated rings. The Morgan fingerprint density at radius 3 is 2.90 bits per heavy atom. The van der Waals surface area contributed by atoms with E-state index in [2.05, 4.69) is 27.8 Å². The van der Waals surface area contributed by atoms with Gasteiger partial charge in [-0.2, -0.15) is 0 Å². The quantitative estimate of drug-likeness (QED) is 0.915. The third-order valence-electron chi connectivity index (χ3n) is 3.47. The zero-order valence-corrected chi connectivity index (χ0v) is 12.4. The average molecular weight is 299 g/mol. The van der Waals surface area contributed by atoms with Crippen molar-refractivity contribution in [2.75, 3.05) is 5.75 Å². The molecule has 0 radical (unpaired) electrons. The SMILES string of the molecule is O=C(NCc1ccncc1)N[C@@H]1CCSc2ccccc21. The van der Waals surface area contributed by atoms with E-state index >= 15 is 0 Å². The zero-order chi connectivity index (χ0) is 14.5. The molecule has 0 aliphatic carbocycles. The van der Waals surface area contributed by atoms with Gasteiger partial charge in [0.05, 0.1) is 6.04 Å². The summed E-state index contributed by atoms with van der Waals surface area (Å²) in [6, 6.07) is 12.0. The fourth-order valence-electron chi connectivity index (χ4n) is 2.38. The fraction of sp³-hybridized carbons (Fsp3) is 0.250. The number of hydrogen-bond donors (Lipinski definition) is 2. The van der Waals surface area contributed by atoms with Crippen molar-refractivity contribution in [3.63, 3.8) is 0 Å². The van der Waals surface area contributed by atoms with Crippen LogP contribution in [0.15, 0.2) is 53.7 Å². The van der Waals surface area contributed by atoms with Crippen LogP contribution in [0.4, 0.5) is 4.79 Å². The topological polar surface area (TPSA) is 54.0 Å². The Morgan fingerprint density at radius 1 is 1.24 bits per heavy atom. The second-order valence-electron chi connectivity index (χ2n) is 4.91. The third kappa shape index (κ3) is 3.55. The molecule has 4 nitrogen and oxygen atoms in total.